The van der Waals surface area contributed by atoms with Crippen molar-refractivity contribution in [1.82, 2.24) is 9.80 Å². The van der Waals surface area contributed by atoms with Crippen molar-refractivity contribution in [3.8, 4) is 0 Å². The monoisotopic (exact) mass is 270 g/mol. The average molecular weight is 270 g/mol. The van der Waals surface area contributed by atoms with Gasteiger partial charge in [-0.05, 0) is 12.8 Å². The smallest absolute Gasteiger partial charge is 0.307 e. The number of likely N-dealkylation sites (tertiary alicyclic amines) is 1. The van der Waals surface area contributed by atoms with Crippen molar-refractivity contribution in [2.75, 3.05) is 33.8 Å². The lowest BCUT2D eigenvalue weighted by atomic mass is 10.2. The number of ether oxygens (including phenoxy) is 1. The molecule has 0 aromatic heterocycles. The number of nitrogens with zero attached hydrogens (tertiary/aromatic N) is 2. The number of rotatable bonds is 5. The number of amides is 2. The van der Waals surface area contributed by atoms with Crippen LogP contribution in [0.2, 0.25) is 0 Å². The zero-order valence-corrected chi connectivity index (χ0v) is 11.7. The van der Waals surface area contributed by atoms with Gasteiger partial charge in [-0.3, -0.25) is 14.4 Å². The molecule has 1 aliphatic heterocycles. The van der Waals surface area contributed by atoms with E-state index in [0.717, 1.165) is 19.3 Å². The molecule has 19 heavy (non-hydrogen) atoms. The summed E-state index contributed by atoms with van der Waals surface area (Å²) >= 11 is 0. The van der Waals surface area contributed by atoms with Crippen molar-refractivity contribution in [2.45, 2.75) is 32.1 Å². The number of esters is 1. The molecular formula is C13H22N2O4. The van der Waals surface area contributed by atoms with E-state index in [-0.39, 0.29) is 30.7 Å². The third-order valence-corrected chi connectivity index (χ3v) is 3.30. The molecule has 1 fully saturated rings. The van der Waals surface area contributed by atoms with Crippen LogP contribution in [0.3, 0.4) is 0 Å². The number of carbonyl (C=O) groups is 3. The van der Waals surface area contributed by atoms with Gasteiger partial charge in [-0.1, -0.05) is 6.42 Å². The second-order valence-electron chi connectivity index (χ2n) is 4.77. The molecule has 1 rings (SSSR count). The van der Waals surface area contributed by atoms with E-state index in [4.69, 9.17) is 0 Å². The summed E-state index contributed by atoms with van der Waals surface area (Å²) in [6.45, 7) is 1.07. The van der Waals surface area contributed by atoms with Crippen LogP contribution in [0.1, 0.15) is 32.1 Å². The maximum atomic E-state index is 11.9. The maximum Gasteiger partial charge on any atom is 0.307 e. The molecule has 0 atom stereocenters. The Balaban J connectivity index is 2.39. The SMILES string of the molecule is COC(=O)CCN(C)C(=O)CN1CCCCCC1=O. The Morgan fingerprint density at radius 2 is 2.05 bits per heavy atom. The summed E-state index contributed by atoms with van der Waals surface area (Å²) < 4.78 is 4.52. The van der Waals surface area contributed by atoms with Gasteiger partial charge in [-0.25, -0.2) is 0 Å². The molecule has 0 radical (unpaired) electrons. The quantitative estimate of drug-likeness (QED) is 0.679. The van der Waals surface area contributed by atoms with E-state index in [1.165, 1.54) is 12.0 Å². The minimum atomic E-state index is -0.342. The van der Waals surface area contributed by atoms with Gasteiger partial charge in [0.1, 0.15) is 0 Å². The standard InChI is InChI=1S/C13H22N2O4/c1-14(9-7-13(18)19-2)12(17)10-15-8-5-3-4-6-11(15)16/h3-10H2,1-2H3. The highest BCUT2D eigenvalue weighted by Gasteiger charge is 2.21. The summed E-state index contributed by atoms with van der Waals surface area (Å²) in [5.74, 6) is -0.433. The number of carbonyl (C=O) groups excluding carboxylic acids is 3. The van der Waals surface area contributed by atoms with E-state index in [2.05, 4.69) is 4.74 Å². The van der Waals surface area contributed by atoms with Crippen LogP contribution in [0.4, 0.5) is 0 Å². The predicted molar refractivity (Wildman–Crippen MR) is 69.3 cm³/mol. The Hall–Kier alpha value is -1.59. The third-order valence-electron chi connectivity index (χ3n) is 3.30. The van der Waals surface area contributed by atoms with Gasteiger partial charge >= 0.3 is 5.97 Å². The van der Waals surface area contributed by atoms with Gasteiger partial charge < -0.3 is 14.5 Å². The molecule has 0 unspecified atom stereocenters. The van der Waals surface area contributed by atoms with Gasteiger partial charge in [-0.15, -0.1) is 0 Å². The fourth-order valence-electron chi connectivity index (χ4n) is 1.98. The number of likely N-dealkylation sites (N-methyl/N-ethyl adjacent to an activating group) is 1. The average Bonchev–Trinajstić information content (AvgIpc) is 2.60. The molecule has 0 aromatic rings. The Morgan fingerprint density at radius 3 is 2.74 bits per heavy atom. The molecule has 108 valence electrons. The van der Waals surface area contributed by atoms with Gasteiger partial charge in [0, 0.05) is 26.6 Å². The summed E-state index contributed by atoms with van der Waals surface area (Å²) in [5.41, 5.74) is 0. The highest BCUT2D eigenvalue weighted by atomic mass is 16.5. The van der Waals surface area contributed by atoms with Crippen molar-refractivity contribution in [2.24, 2.45) is 0 Å². The second kappa shape index (κ2) is 7.76. The first-order chi connectivity index (χ1) is 9.04. The van der Waals surface area contributed by atoms with Crippen molar-refractivity contribution in [3.63, 3.8) is 0 Å². The minimum Gasteiger partial charge on any atom is -0.469 e. The molecule has 1 aliphatic rings. The van der Waals surface area contributed by atoms with Crippen molar-refractivity contribution < 1.29 is 19.1 Å². The van der Waals surface area contributed by atoms with Crippen LogP contribution in [0.5, 0.6) is 0 Å². The van der Waals surface area contributed by atoms with Gasteiger partial charge in [-0.2, -0.15) is 0 Å². The summed E-state index contributed by atoms with van der Waals surface area (Å²) in [4.78, 5) is 37.8. The number of methoxy groups -OCH3 is 1. The zero-order chi connectivity index (χ0) is 14.3. The summed E-state index contributed by atoms with van der Waals surface area (Å²) in [6, 6.07) is 0. The molecule has 6 heteroatoms. The van der Waals surface area contributed by atoms with E-state index in [9.17, 15) is 14.4 Å². The van der Waals surface area contributed by atoms with Gasteiger partial charge in [0.05, 0.1) is 20.1 Å². The number of hydrogen-bond acceptors (Lipinski definition) is 4. The van der Waals surface area contributed by atoms with Crippen molar-refractivity contribution in [3.05, 3.63) is 0 Å². The first kappa shape index (κ1) is 15.5. The Kier molecular flexibility index (Phi) is 6.32. The van der Waals surface area contributed by atoms with Crippen LogP contribution < -0.4 is 0 Å². The summed E-state index contributed by atoms with van der Waals surface area (Å²) in [5, 5.41) is 0. The first-order valence-corrected chi connectivity index (χ1v) is 6.63. The van der Waals surface area contributed by atoms with Crippen LogP contribution >= 0.6 is 0 Å². The van der Waals surface area contributed by atoms with Crippen molar-refractivity contribution >= 4 is 17.8 Å². The molecule has 0 saturated carbocycles. The van der Waals surface area contributed by atoms with Crippen LogP contribution in [-0.4, -0.2) is 61.4 Å². The molecule has 6 nitrogen and oxygen atoms in total. The maximum absolute atomic E-state index is 11.9. The van der Waals surface area contributed by atoms with Crippen LogP contribution in [0.25, 0.3) is 0 Å². The molecule has 0 N–H and O–H groups in total. The van der Waals surface area contributed by atoms with E-state index in [0.29, 0.717) is 19.5 Å². The van der Waals surface area contributed by atoms with E-state index in [1.807, 2.05) is 0 Å². The zero-order valence-electron chi connectivity index (χ0n) is 11.7. The molecule has 1 heterocycles. The predicted octanol–water partition coefficient (Wildman–Crippen LogP) is 0.410. The largest absolute Gasteiger partial charge is 0.469 e. The van der Waals surface area contributed by atoms with E-state index in [1.54, 1.807) is 11.9 Å². The van der Waals surface area contributed by atoms with Crippen LogP contribution in [0.15, 0.2) is 0 Å². The summed E-state index contributed by atoms with van der Waals surface area (Å²) in [6.07, 6.45) is 3.59. The molecule has 0 aromatic carbocycles. The molecule has 0 aliphatic carbocycles. The molecule has 0 bridgehead atoms. The van der Waals surface area contributed by atoms with Crippen LogP contribution in [0, 0.1) is 0 Å². The normalized spacial score (nSPS) is 15.9. The van der Waals surface area contributed by atoms with E-state index >= 15 is 0 Å². The van der Waals surface area contributed by atoms with E-state index < -0.39 is 0 Å². The fourth-order valence-corrected chi connectivity index (χ4v) is 1.98. The highest BCUT2D eigenvalue weighted by molar-refractivity contribution is 5.85. The first-order valence-electron chi connectivity index (χ1n) is 6.63. The third kappa shape index (κ3) is 5.28. The van der Waals surface area contributed by atoms with Gasteiger partial charge in [0.25, 0.3) is 0 Å². The lowest BCUT2D eigenvalue weighted by molar-refractivity contribution is -0.143. The Morgan fingerprint density at radius 1 is 1.32 bits per heavy atom. The second-order valence-corrected chi connectivity index (χ2v) is 4.77. The van der Waals surface area contributed by atoms with Crippen LogP contribution in [-0.2, 0) is 19.1 Å². The molecule has 2 amide bonds. The molecule has 1 saturated heterocycles. The number of hydrogen-bond donors (Lipinski definition) is 0. The molecular weight excluding hydrogens is 248 g/mol. The fraction of sp³-hybridized carbons (Fsp3) is 0.769. The Bertz CT molecular complexity index is 344. The lowest BCUT2D eigenvalue weighted by Crippen LogP contribution is -2.41. The lowest BCUT2D eigenvalue weighted by Gasteiger charge is -2.23. The summed E-state index contributed by atoms with van der Waals surface area (Å²) in [7, 11) is 2.95. The van der Waals surface area contributed by atoms with Gasteiger partial charge in [0.2, 0.25) is 11.8 Å². The minimum absolute atomic E-state index is 0.0483. The Labute approximate surface area is 113 Å². The topological polar surface area (TPSA) is 66.9 Å². The molecule has 0 spiro atoms. The highest BCUT2D eigenvalue weighted by Crippen LogP contribution is 2.11. The van der Waals surface area contributed by atoms with Gasteiger partial charge in [0.15, 0.2) is 0 Å². The van der Waals surface area contributed by atoms with Crippen molar-refractivity contribution in [1.29, 1.82) is 0 Å².